The first-order valence-electron chi connectivity index (χ1n) is 12.7. The minimum absolute atomic E-state index is 0.00312. The Kier molecular flexibility index (Phi) is 5.87. The van der Waals surface area contributed by atoms with Gasteiger partial charge in [-0.1, -0.05) is 71.0 Å². The Hall–Kier alpha value is -2.53. The molecule has 0 saturated carbocycles. The van der Waals surface area contributed by atoms with E-state index in [9.17, 15) is 4.79 Å². The fourth-order valence-electron chi connectivity index (χ4n) is 5.61. The molecule has 1 unspecified atom stereocenters. The fraction of sp³-hybridized carbons (Fsp3) is 0.552. The maximum absolute atomic E-state index is 13.0. The molecule has 2 atom stereocenters. The van der Waals surface area contributed by atoms with Crippen molar-refractivity contribution >= 4 is 6.09 Å². The number of hydrogen-bond donors (Lipinski definition) is 1. The Labute approximate surface area is 203 Å². The lowest BCUT2D eigenvalue weighted by Crippen LogP contribution is -2.53. The number of amides is 1. The average molecular weight is 463 g/mol. The molecule has 2 aromatic carbocycles. The fourth-order valence-corrected chi connectivity index (χ4v) is 5.61. The molecule has 1 N–H and O–H groups in total. The molecule has 182 valence electrons. The minimum atomic E-state index is -0.313. The number of carbonyl (C=O) groups is 1. The van der Waals surface area contributed by atoms with Gasteiger partial charge in [-0.25, -0.2) is 4.79 Å². The molecule has 2 aromatic rings. The third kappa shape index (κ3) is 4.55. The first-order chi connectivity index (χ1) is 16.1. The van der Waals surface area contributed by atoms with Crippen molar-refractivity contribution < 1.29 is 14.3 Å². The van der Waals surface area contributed by atoms with Crippen LogP contribution in [-0.4, -0.2) is 43.3 Å². The van der Waals surface area contributed by atoms with Crippen LogP contribution in [0.2, 0.25) is 0 Å². The highest BCUT2D eigenvalue weighted by Gasteiger charge is 2.41. The Morgan fingerprint density at radius 3 is 2.35 bits per heavy atom. The monoisotopic (exact) mass is 462 g/mol. The number of alkyl carbamates (subject to hydrolysis) is 1. The van der Waals surface area contributed by atoms with Crippen LogP contribution in [0.15, 0.2) is 42.5 Å². The number of fused-ring (bicyclic) bond motifs is 4. The molecule has 5 nitrogen and oxygen atoms in total. The van der Waals surface area contributed by atoms with E-state index in [2.05, 4.69) is 87.3 Å². The molecule has 34 heavy (non-hydrogen) atoms. The molecule has 3 saturated heterocycles. The minimum Gasteiger partial charge on any atom is -0.493 e. The highest BCUT2D eigenvalue weighted by molar-refractivity contribution is 5.70. The summed E-state index contributed by atoms with van der Waals surface area (Å²) >= 11 is 0. The molecule has 4 aliphatic heterocycles. The van der Waals surface area contributed by atoms with E-state index >= 15 is 0 Å². The van der Waals surface area contributed by atoms with E-state index in [1.807, 2.05) is 0 Å². The van der Waals surface area contributed by atoms with Gasteiger partial charge in [-0.3, -0.25) is 4.90 Å². The molecule has 2 bridgehead atoms. The summed E-state index contributed by atoms with van der Waals surface area (Å²) in [5.74, 6) is 1.34. The number of piperidine rings is 3. The number of nitrogens with zero attached hydrogens (tertiary/aromatic N) is 1. The zero-order valence-corrected chi connectivity index (χ0v) is 21.2. The van der Waals surface area contributed by atoms with Crippen LogP contribution in [0.1, 0.15) is 64.6 Å². The Bertz CT molecular complexity index is 1050. The molecular formula is C29H38N2O3. The standard InChI is InChI=1S/C29H38N2O3/c1-28(2,3)22-9-6-19(7-10-22)21-8-11-23-24(16-21)33-18-29(4,5)26(23)30-27(32)34-25-17-31-14-12-20(25)13-15-31/h6-11,16,20,25-26H,12-15,17-18H2,1-5H3,(H,30,32)/t25-,26?/m1/s1. The van der Waals surface area contributed by atoms with Crippen LogP contribution >= 0.6 is 0 Å². The van der Waals surface area contributed by atoms with Crippen molar-refractivity contribution in [2.75, 3.05) is 26.2 Å². The van der Waals surface area contributed by atoms with Crippen molar-refractivity contribution in [1.29, 1.82) is 0 Å². The van der Waals surface area contributed by atoms with Gasteiger partial charge in [-0.05, 0) is 60.0 Å². The van der Waals surface area contributed by atoms with Gasteiger partial charge in [0.05, 0.1) is 12.6 Å². The Morgan fingerprint density at radius 2 is 1.74 bits per heavy atom. The normalized spacial score (nSPS) is 27.4. The van der Waals surface area contributed by atoms with Gasteiger partial charge in [0.15, 0.2) is 0 Å². The lowest BCUT2D eigenvalue weighted by atomic mass is 9.78. The van der Waals surface area contributed by atoms with Gasteiger partial charge >= 0.3 is 6.09 Å². The SMILES string of the molecule is CC(C)(C)c1ccc(-c2ccc3c(c2)OCC(C)(C)C3NC(=O)O[C@@H]2CN3CCC2CC3)cc1. The molecule has 0 spiro atoms. The number of hydrogen-bond acceptors (Lipinski definition) is 4. The predicted octanol–water partition coefficient (Wildman–Crippen LogP) is 5.93. The van der Waals surface area contributed by atoms with Crippen LogP contribution in [0.4, 0.5) is 4.79 Å². The lowest BCUT2D eigenvalue weighted by molar-refractivity contribution is -0.0361. The van der Waals surface area contributed by atoms with Gasteiger partial charge in [-0.15, -0.1) is 0 Å². The second kappa shape index (κ2) is 8.60. The van der Waals surface area contributed by atoms with E-state index in [0.717, 1.165) is 54.9 Å². The summed E-state index contributed by atoms with van der Waals surface area (Å²) < 4.78 is 12.1. The molecule has 0 aromatic heterocycles. The molecule has 4 aliphatic rings. The second-order valence-corrected chi connectivity index (χ2v) is 12.0. The number of ether oxygens (including phenoxy) is 2. The quantitative estimate of drug-likeness (QED) is 0.614. The van der Waals surface area contributed by atoms with Crippen LogP contribution in [0.25, 0.3) is 11.1 Å². The second-order valence-electron chi connectivity index (χ2n) is 12.0. The van der Waals surface area contributed by atoms with Crippen LogP contribution < -0.4 is 10.1 Å². The van der Waals surface area contributed by atoms with E-state index in [1.165, 1.54) is 5.56 Å². The number of benzene rings is 2. The topological polar surface area (TPSA) is 50.8 Å². The zero-order valence-electron chi connectivity index (χ0n) is 21.2. The summed E-state index contributed by atoms with van der Waals surface area (Å²) in [5, 5.41) is 3.20. The molecule has 3 fully saturated rings. The molecule has 0 radical (unpaired) electrons. The maximum Gasteiger partial charge on any atom is 0.407 e. The third-order valence-corrected chi connectivity index (χ3v) is 7.91. The van der Waals surface area contributed by atoms with E-state index in [4.69, 9.17) is 9.47 Å². The molecule has 0 aliphatic carbocycles. The van der Waals surface area contributed by atoms with Crippen molar-refractivity contribution in [3.8, 4) is 16.9 Å². The van der Waals surface area contributed by atoms with Crippen molar-refractivity contribution in [2.45, 2.75) is 65.0 Å². The number of nitrogens with one attached hydrogen (secondary N) is 1. The molecular weight excluding hydrogens is 424 g/mol. The molecule has 6 rings (SSSR count). The highest BCUT2D eigenvalue weighted by atomic mass is 16.6. The van der Waals surface area contributed by atoms with Gasteiger partial charge in [0.2, 0.25) is 0 Å². The third-order valence-electron chi connectivity index (χ3n) is 7.91. The Balaban J connectivity index is 1.34. The van der Waals surface area contributed by atoms with E-state index in [-0.39, 0.29) is 29.1 Å². The van der Waals surface area contributed by atoms with Crippen molar-refractivity contribution in [3.63, 3.8) is 0 Å². The number of carbonyl (C=O) groups excluding carboxylic acids is 1. The summed E-state index contributed by atoms with van der Waals surface area (Å²) in [4.78, 5) is 15.4. The molecule has 5 heteroatoms. The average Bonchev–Trinajstić information content (AvgIpc) is 2.81. The van der Waals surface area contributed by atoms with Crippen LogP contribution in [0.5, 0.6) is 5.75 Å². The Morgan fingerprint density at radius 1 is 1.06 bits per heavy atom. The van der Waals surface area contributed by atoms with Gasteiger partial charge in [0.25, 0.3) is 0 Å². The van der Waals surface area contributed by atoms with Gasteiger partial charge in [0, 0.05) is 17.5 Å². The van der Waals surface area contributed by atoms with Crippen molar-refractivity contribution in [2.24, 2.45) is 11.3 Å². The zero-order chi connectivity index (χ0) is 24.1. The van der Waals surface area contributed by atoms with E-state index in [0.29, 0.717) is 12.5 Å². The van der Waals surface area contributed by atoms with Crippen LogP contribution in [-0.2, 0) is 10.2 Å². The smallest absolute Gasteiger partial charge is 0.407 e. The van der Waals surface area contributed by atoms with Gasteiger partial charge in [0.1, 0.15) is 11.9 Å². The molecule has 1 amide bonds. The van der Waals surface area contributed by atoms with Crippen molar-refractivity contribution in [3.05, 3.63) is 53.6 Å². The van der Waals surface area contributed by atoms with Crippen LogP contribution in [0, 0.1) is 11.3 Å². The molecule has 4 heterocycles. The summed E-state index contributed by atoms with van der Waals surface area (Å²) in [6.45, 7) is 14.6. The van der Waals surface area contributed by atoms with Gasteiger partial charge < -0.3 is 14.8 Å². The maximum atomic E-state index is 13.0. The van der Waals surface area contributed by atoms with Crippen LogP contribution in [0.3, 0.4) is 0 Å². The van der Waals surface area contributed by atoms with E-state index < -0.39 is 0 Å². The van der Waals surface area contributed by atoms with Crippen molar-refractivity contribution in [1.82, 2.24) is 10.2 Å². The number of rotatable bonds is 3. The predicted molar refractivity (Wildman–Crippen MR) is 135 cm³/mol. The first kappa shape index (κ1) is 23.2. The lowest BCUT2D eigenvalue weighted by Gasteiger charge is -2.44. The summed E-state index contributed by atoms with van der Waals surface area (Å²) in [6.07, 6.45) is 1.95. The van der Waals surface area contributed by atoms with Gasteiger partial charge in [-0.2, -0.15) is 0 Å². The highest BCUT2D eigenvalue weighted by Crippen LogP contribution is 2.44. The summed E-state index contributed by atoms with van der Waals surface area (Å²) in [6, 6.07) is 14.9. The van der Waals surface area contributed by atoms with E-state index in [1.54, 1.807) is 0 Å². The first-order valence-corrected chi connectivity index (χ1v) is 12.7. The summed E-state index contributed by atoms with van der Waals surface area (Å²) in [5.41, 5.74) is 4.50. The summed E-state index contributed by atoms with van der Waals surface area (Å²) in [7, 11) is 0. The largest absolute Gasteiger partial charge is 0.493 e.